The molecule has 0 aliphatic rings. The second-order valence-electron chi connectivity index (χ2n) is 7.66. The van der Waals surface area contributed by atoms with Crippen molar-refractivity contribution in [3.8, 4) is 0 Å². The maximum Gasteiger partial charge on any atom is 0.258 e. The van der Waals surface area contributed by atoms with Crippen LogP contribution in [0, 0.1) is 13.8 Å². The number of fused-ring (bicyclic) bond motifs is 1. The number of thiocarbonyl (C=S) groups is 1. The van der Waals surface area contributed by atoms with Crippen LogP contribution in [0.15, 0.2) is 47.3 Å². The van der Waals surface area contributed by atoms with Crippen molar-refractivity contribution in [1.82, 2.24) is 14.9 Å². The van der Waals surface area contributed by atoms with Gasteiger partial charge in [0.15, 0.2) is 5.11 Å². The minimum atomic E-state index is -0.128. The van der Waals surface area contributed by atoms with Crippen LogP contribution in [0.4, 0.5) is 5.69 Å². The Bertz CT molecular complexity index is 1080. The number of aromatic amines is 1. The third-order valence-corrected chi connectivity index (χ3v) is 5.17. The van der Waals surface area contributed by atoms with E-state index in [2.05, 4.69) is 66.3 Å². The molecule has 0 spiro atoms. The molecule has 0 bridgehead atoms. The van der Waals surface area contributed by atoms with Gasteiger partial charge in [-0.15, -0.1) is 0 Å². The maximum absolute atomic E-state index is 12.4. The van der Waals surface area contributed by atoms with Crippen LogP contribution in [-0.4, -0.2) is 47.2 Å². The minimum Gasteiger partial charge on any atom is -0.338 e. The summed E-state index contributed by atoms with van der Waals surface area (Å²) in [4.78, 5) is 23.3. The number of hydrogen-bond donors (Lipinski definition) is 3. The first-order valence-corrected chi connectivity index (χ1v) is 10.1. The molecule has 0 aliphatic carbocycles. The summed E-state index contributed by atoms with van der Waals surface area (Å²) in [5, 5.41) is 4.59. The van der Waals surface area contributed by atoms with E-state index in [1.807, 2.05) is 18.2 Å². The van der Waals surface area contributed by atoms with Crippen LogP contribution in [0.3, 0.4) is 0 Å². The topological polar surface area (TPSA) is 65.5 Å². The van der Waals surface area contributed by atoms with Gasteiger partial charge in [-0.2, -0.15) is 0 Å². The molecule has 0 atom stereocenters. The summed E-state index contributed by atoms with van der Waals surface area (Å²) in [6.07, 6.45) is 0. The first-order chi connectivity index (χ1) is 13.8. The fourth-order valence-corrected chi connectivity index (χ4v) is 3.33. The second kappa shape index (κ2) is 9.15. The molecule has 0 saturated carbocycles. The molecule has 0 unspecified atom stereocenters. The van der Waals surface area contributed by atoms with Crippen LogP contribution in [-0.2, 0) is 6.54 Å². The zero-order valence-corrected chi connectivity index (χ0v) is 18.2. The van der Waals surface area contributed by atoms with E-state index < -0.39 is 0 Å². The van der Waals surface area contributed by atoms with E-state index >= 15 is 0 Å². The fourth-order valence-electron chi connectivity index (χ4n) is 3.07. The average molecular weight is 411 g/mol. The summed E-state index contributed by atoms with van der Waals surface area (Å²) in [5.74, 6) is 0.604. The Balaban J connectivity index is 1.85. The Morgan fingerprint density at radius 1 is 1.21 bits per heavy atom. The average Bonchev–Trinajstić information content (AvgIpc) is 2.68. The predicted molar refractivity (Wildman–Crippen MR) is 123 cm³/mol. The monoisotopic (exact) mass is 410 g/mol. The van der Waals surface area contributed by atoms with Gasteiger partial charge in [-0.1, -0.05) is 24.3 Å². The van der Waals surface area contributed by atoms with Crippen LogP contribution < -0.4 is 15.8 Å². The van der Waals surface area contributed by atoms with E-state index in [-0.39, 0.29) is 5.56 Å². The minimum absolute atomic E-state index is 0.128. The lowest BCUT2D eigenvalue weighted by atomic mass is 10.1. The lowest BCUT2D eigenvalue weighted by molar-refractivity contribution is -0.857. The molecule has 1 heterocycles. The Morgan fingerprint density at radius 2 is 1.97 bits per heavy atom. The Morgan fingerprint density at radius 3 is 2.72 bits per heavy atom. The van der Waals surface area contributed by atoms with Gasteiger partial charge in [0.1, 0.15) is 5.82 Å². The van der Waals surface area contributed by atoms with E-state index in [9.17, 15) is 4.79 Å². The lowest BCUT2D eigenvalue weighted by Crippen LogP contribution is -3.06. The van der Waals surface area contributed by atoms with Gasteiger partial charge in [0.05, 0.1) is 44.6 Å². The molecule has 0 radical (unpaired) electrons. The number of nitrogens with one attached hydrogen (secondary N) is 3. The first-order valence-electron chi connectivity index (χ1n) is 9.73. The largest absolute Gasteiger partial charge is 0.338 e. The summed E-state index contributed by atoms with van der Waals surface area (Å²) >= 11 is 5.73. The highest BCUT2D eigenvalue weighted by Gasteiger charge is 2.15. The highest BCUT2D eigenvalue weighted by molar-refractivity contribution is 7.80. The summed E-state index contributed by atoms with van der Waals surface area (Å²) in [6, 6.07) is 13.6. The molecule has 0 saturated heterocycles. The zero-order valence-electron chi connectivity index (χ0n) is 17.4. The molecule has 0 aliphatic heterocycles. The van der Waals surface area contributed by atoms with Crippen molar-refractivity contribution in [2.75, 3.05) is 32.5 Å². The molecule has 2 aromatic carbocycles. The summed E-state index contributed by atoms with van der Waals surface area (Å²) in [7, 11) is 4.21. The number of anilines is 1. The smallest absolute Gasteiger partial charge is 0.258 e. The summed E-state index contributed by atoms with van der Waals surface area (Å²) < 4.78 is 0. The van der Waals surface area contributed by atoms with E-state index in [0.717, 1.165) is 24.3 Å². The highest BCUT2D eigenvalue weighted by atomic mass is 32.1. The number of benzene rings is 2. The molecule has 3 N–H and O–H groups in total. The Labute approximate surface area is 176 Å². The summed E-state index contributed by atoms with van der Waals surface area (Å²) in [5.41, 5.74) is 3.87. The molecule has 7 heteroatoms. The molecular formula is C22H28N5OS+. The van der Waals surface area contributed by atoms with Crippen LogP contribution in [0.1, 0.15) is 17.0 Å². The van der Waals surface area contributed by atoms with Gasteiger partial charge in [0, 0.05) is 5.69 Å². The molecule has 1 aromatic heterocycles. The van der Waals surface area contributed by atoms with Gasteiger partial charge in [-0.05, 0) is 55.4 Å². The summed E-state index contributed by atoms with van der Waals surface area (Å²) in [6.45, 7) is 6.21. The van der Waals surface area contributed by atoms with Gasteiger partial charge in [-0.25, -0.2) is 4.98 Å². The Hall–Kier alpha value is -2.77. The van der Waals surface area contributed by atoms with Gasteiger partial charge >= 0.3 is 0 Å². The van der Waals surface area contributed by atoms with Crippen LogP contribution >= 0.6 is 12.2 Å². The van der Waals surface area contributed by atoms with Gasteiger partial charge < -0.3 is 20.1 Å². The van der Waals surface area contributed by atoms with Gasteiger partial charge in [0.25, 0.3) is 5.56 Å². The molecule has 6 nitrogen and oxygen atoms in total. The number of aromatic nitrogens is 2. The third kappa shape index (κ3) is 5.40. The van der Waals surface area contributed by atoms with E-state index in [1.54, 1.807) is 6.07 Å². The fraction of sp³-hybridized carbons (Fsp3) is 0.318. The third-order valence-electron chi connectivity index (χ3n) is 4.81. The highest BCUT2D eigenvalue weighted by Crippen LogP contribution is 2.17. The maximum atomic E-state index is 12.4. The van der Waals surface area contributed by atoms with Crippen molar-refractivity contribution in [3.05, 3.63) is 69.8 Å². The molecule has 29 heavy (non-hydrogen) atoms. The number of hydrogen-bond acceptors (Lipinski definition) is 3. The van der Waals surface area contributed by atoms with Crippen molar-refractivity contribution < 1.29 is 4.90 Å². The van der Waals surface area contributed by atoms with Crippen molar-refractivity contribution in [3.63, 3.8) is 0 Å². The molecule has 3 aromatic rings. The van der Waals surface area contributed by atoms with Crippen LogP contribution in [0.25, 0.3) is 10.9 Å². The van der Waals surface area contributed by atoms with Crippen molar-refractivity contribution in [1.29, 1.82) is 0 Å². The van der Waals surface area contributed by atoms with Crippen molar-refractivity contribution in [2.24, 2.45) is 0 Å². The van der Waals surface area contributed by atoms with E-state index in [1.165, 1.54) is 10.5 Å². The first kappa shape index (κ1) is 21.0. The van der Waals surface area contributed by atoms with Gasteiger partial charge in [0.2, 0.25) is 0 Å². The number of aryl methyl sites for hydroxylation is 2. The van der Waals surface area contributed by atoms with Crippen LogP contribution in [0.2, 0.25) is 0 Å². The van der Waals surface area contributed by atoms with E-state index in [0.29, 0.717) is 28.4 Å². The number of para-hydroxylation sites is 1. The molecule has 3 rings (SSSR count). The van der Waals surface area contributed by atoms with E-state index in [4.69, 9.17) is 12.2 Å². The van der Waals surface area contributed by atoms with Crippen LogP contribution in [0.5, 0.6) is 0 Å². The molecular weight excluding hydrogens is 382 g/mol. The SMILES string of the molecule is Cc1ccc(C)c(NC(=S)N(CC[NH+](C)C)Cc2nc3ccccc3c(=O)[nH]2)c1. The lowest BCUT2D eigenvalue weighted by Gasteiger charge is -2.26. The molecule has 152 valence electrons. The molecule has 0 amide bonds. The predicted octanol–water partition coefficient (Wildman–Crippen LogP) is 1.88. The van der Waals surface area contributed by atoms with Gasteiger partial charge in [-0.3, -0.25) is 4.79 Å². The number of nitrogens with zero attached hydrogens (tertiary/aromatic N) is 2. The number of quaternary nitrogens is 1. The zero-order chi connectivity index (χ0) is 21.0. The molecule has 0 fully saturated rings. The number of likely N-dealkylation sites (N-methyl/N-ethyl adjacent to an activating group) is 1. The number of H-pyrrole nitrogens is 1. The standard InChI is InChI=1S/C22H27N5OS/c1-15-9-10-16(2)19(13-15)24-22(29)27(12-11-26(3)4)14-20-23-18-8-6-5-7-17(18)21(28)25-20/h5-10,13H,11-12,14H2,1-4H3,(H,24,29)(H,23,25,28)/p+1. The van der Waals surface area contributed by atoms with Crippen molar-refractivity contribution >= 4 is 33.9 Å². The normalized spacial score (nSPS) is 11.1. The Kier molecular flexibility index (Phi) is 6.61. The van der Waals surface area contributed by atoms with Crippen molar-refractivity contribution in [2.45, 2.75) is 20.4 Å². The second-order valence-corrected chi connectivity index (χ2v) is 8.04. The quantitative estimate of drug-likeness (QED) is 0.542. The number of rotatable bonds is 6.